The Balaban J connectivity index is 1.68. The molecule has 0 aliphatic carbocycles. The number of methoxy groups -OCH3 is 1. The van der Waals surface area contributed by atoms with Gasteiger partial charge in [0.15, 0.2) is 0 Å². The zero-order chi connectivity index (χ0) is 33.1. The molecule has 244 valence electrons. The Kier molecular flexibility index (Phi) is 13.0. The molecule has 3 rings (SSSR count). The first-order chi connectivity index (χ1) is 21.4. The highest BCUT2D eigenvalue weighted by Gasteiger charge is 2.26. The molecule has 0 unspecified atom stereocenters. The number of alkyl halides is 2. The van der Waals surface area contributed by atoms with Gasteiger partial charge in [0.25, 0.3) is 0 Å². The van der Waals surface area contributed by atoms with Crippen LogP contribution in [-0.2, 0) is 25.4 Å². The van der Waals surface area contributed by atoms with Gasteiger partial charge in [0.05, 0.1) is 7.11 Å². The zero-order valence-electron chi connectivity index (χ0n) is 26.2. The molecule has 0 saturated carbocycles. The third-order valence-corrected chi connectivity index (χ3v) is 7.06. The van der Waals surface area contributed by atoms with E-state index in [9.17, 15) is 19.5 Å². The van der Waals surface area contributed by atoms with Crippen molar-refractivity contribution >= 4 is 57.7 Å². The number of ether oxygens (including phenoxy) is 4. The molecule has 1 amide bonds. The highest BCUT2D eigenvalue weighted by Crippen LogP contribution is 2.33. The molecule has 0 bridgehead atoms. The number of hydrogen-bond acceptors (Lipinski definition) is 9. The average molecular weight is 664 g/mol. The number of esters is 2. The van der Waals surface area contributed by atoms with Gasteiger partial charge in [-0.3, -0.25) is 0 Å². The average Bonchev–Trinajstić information content (AvgIpc) is 2.97. The van der Waals surface area contributed by atoms with Crippen LogP contribution >= 0.6 is 23.2 Å². The number of nitrogens with one attached hydrogen (secondary N) is 1. The number of hydrogen-bond donors (Lipinski definition) is 2. The van der Waals surface area contributed by atoms with Crippen molar-refractivity contribution in [3.05, 3.63) is 65.2 Å². The summed E-state index contributed by atoms with van der Waals surface area (Å²) in [6.07, 6.45) is -0.658. The van der Waals surface area contributed by atoms with E-state index >= 15 is 0 Å². The van der Waals surface area contributed by atoms with Crippen molar-refractivity contribution in [2.24, 2.45) is 0 Å². The molecule has 1 atom stereocenters. The van der Waals surface area contributed by atoms with Gasteiger partial charge in [0.1, 0.15) is 41.9 Å². The number of aryl methyl sites for hydroxylation is 1. The predicted octanol–water partition coefficient (Wildman–Crippen LogP) is 5.98. The smallest absolute Gasteiger partial charge is 0.408 e. The van der Waals surface area contributed by atoms with Crippen LogP contribution in [-0.4, -0.2) is 80.0 Å². The molecule has 0 aromatic heterocycles. The van der Waals surface area contributed by atoms with Crippen molar-refractivity contribution in [2.45, 2.75) is 45.8 Å². The Labute approximate surface area is 273 Å². The number of carbonyl (C=O) groups excluding carboxylic acids is 3. The summed E-state index contributed by atoms with van der Waals surface area (Å²) >= 11 is 11.9. The van der Waals surface area contributed by atoms with Gasteiger partial charge in [0.2, 0.25) is 0 Å². The molecule has 0 aliphatic rings. The third-order valence-electron chi connectivity index (χ3n) is 6.72. The molecule has 10 nitrogen and oxygen atoms in total. The van der Waals surface area contributed by atoms with E-state index in [1.165, 1.54) is 13.2 Å². The van der Waals surface area contributed by atoms with Gasteiger partial charge < -0.3 is 34.3 Å². The van der Waals surface area contributed by atoms with Crippen molar-refractivity contribution in [1.82, 2.24) is 5.32 Å². The second-order valence-electron chi connectivity index (χ2n) is 11.2. The first kappa shape index (κ1) is 35.6. The predicted molar refractivity (Wildman–Crippen MR) is 175 cm³/mol. The summed E-state index contributed by atoms with van der Waals surface area (Å²) < 4.78 is 21.4. The Hall–Kier alpha value is -3.89. The first-order valence-corrected chi connectivity index (χ1v) is 15.5. The molecule has 2 N–H and O–H groups in total. The van der Waals surface area contributed by atoms with Crippen molar-refractivity contribution < 1.29 is 38.4 Å². The Morgan fingerprint density at radius 1 is 0.933 bits per heavy atom. The van der Waals surface area contributed by atoms with Crippen LogP contribution in [0.1, 0.15) is 42.3 Å². The van der Waals surface area contributed by atoms with Crippen LogP contribution in [0.25, 0.3) is 10.8 Å². The van der Waals surface area contributed by atoms with Crippen LogP contribution in [0.2, 0.25) is 0 Å². The summed E-state index contributed by atoms with van der Waals surface area (Å²) in [4.78, 5) is 40.7. The van der Waals surface area contributed by atoms with E-state index in [-0.39, 0.29) is 30.9 Å². The second kappa shape index (κ2) is 16.4. The summed E-state index contributed by atoms with van der Waals surface area (Å²) in [5.41, 5.74) is 1.74. The number of nitrogens with zero attached hydrogens (tertiary/aromatic N) is 1. The van der Waals surface area contributed by atoms with Crippen molar-refractivity contribution in [2.75, 3.05) is 50.1 Å². The number of benzene rings is 3. The van der Waals surface area contributed by atoms with E-state index in [0.29, 0.717) is 36.0 Å². The lowest BCUT2D eigenvalue weighted by Gasteiger charge is -2.24. The lowest BCUT2D eigenvalue weighted by molar-refractivity contribution is -0.147. The molecule has 0 spiro atoms. The number of anilines is 1. The molecular formula is C33H40Cl2N2O8. The molecule has 0 radical (unpaired) electrons. The van der Waals surface area contributed by atoms with E-state index in [1.807, 2.05) is 42.2 Å². The number of phenolic OH excluding ortho intramolecular Hbond substituents is 1. The number of rotatable bonds is 14. The van der Waals surface area contributed by atoms with E-state index in [0.717, 1.165) is 22.2 Å². The minimum Gasteiger partial charge on any atom is -0.507 e. The van der Waals surface area contributed by atoms with Crippen LogP contribution < -0.4 is 15.0 Å². The van der Waals surface area contributed by atoms with E-state index in [4.69, 9.17) is 42.1 Å². The molecule has 3 aromatic rings. The van der Waals surface area contributed by atoms with Crippen LogP contribution in [0, 0.1) is 6.92 Å². The van der Waals surface area contributed by atoms with Gasteiger partial charge >= 0.3 is 18.0 Å². The molecule has 0 fully saturated rings. The van der Waals surface area contributed by atoms with Gasteiger partial charge in [-0.25, -0.2) is 14.4 Å². The van der Waals surface area contributed by atoms with Crippen LogP contribution in [0.4, 0.5) is 10.5 Å². The van der Waals surface area contributed by atoms with E-state index < -0.39 is 29.7 Å². The van der Waals surface area contributed by atoms with Gasteiger partial charge in [-0.1, -0.05) is 18.2 Å². The Morgan fingerprint density at radius 3 is 2.18 bits per heavy atom. The maximum absolute atomic E-state index is 13.1. The largest absolute Gasteiger partial charge is 0.507 e. The van der Waals surface area contributed by atoms with Crippen LogP contribution in [0.15, 0.2) is 48.5 Å². The molecule has 3 aromatic carbocycles. The molecular weight excluding hydrogens is 623 g/mol. The zero-order valence-corrected chi connectivity index (χ0v) is 27.7. The quantitative estimate of drug-likeness (QED) is 0.0928. The van der Waals surface area contributed by atoms with Gasteiger partial charge in [-0.15, -0.1) is 23.2 Å². The normalized spacial score (nSPS) is 11.9. The van der Waals surface area contributed by atoms with Crippen molar-refractivity contribution in [3.63, 3.8) is 0 Å². The van der Waals surface area contributed by atoms with Crippen molar-refractivity contribution in [3.8, 4) is 11.5 Å². The second-order valence-corrected chi connectivity index (χ2v) is 12.0. The van der Waals surface area contributed by atoms with Crippen LogP contribution in [0.5, 0.6) is 11.5 Å². The van der Waals surface area contributed by atoms with Gasteiger partial charge in [-0.2, -0.15) is 0 Å². The number of carbonyl (C=O) groups is 3. The fraction of sp³-hybridized carbons (Fsp3) is 0.424. The summed E-state index contributed by atoms with van der Waals surface area (Å²) in [5.74, 6) is -0.367. The number of amides is 1. The number of fused-ring (bicyclic) bond motifs is 1. The SMILES string of the molecule is COc1cc(C)c2ccc(O)c(C(=O)OCCOC(=O)[C@@H](Cc3ccc(N(CCCl)CCCl)cc3)NC(=O)OC(C)(C)C)c2c1. The summed E-state index contributed by atoms with van der Waals surface area (Å²) in [5, 5.41) is 14.3. The molecule has 12 heteroatoms. The topological polar surface area (TPSA) is 124 Å². The van der Waals surface area contributed by atoms with Gasteiger partial charge in [-0.05, 0) is 74.5 Å². The minimum atomic E-state index is -1.08. The van der Waals surface area contributed by atoms with E-state index in [1.54, 1.807) is 32.9 Å². The highest BCUT2D eigenvalue weighted by atomic mass is 35.5. The summed E-state index contributed by atoms with van der Waals surface area (Å²) in [7, 11) is 1.51. The lowest BCUT2D eigenvalue weighted by atomic mass is 9.99. The van der Waals surface area contributed by atoms with Crippen molar-refractivity contribution in [1.29, 1.82) is 0 Å². The highest BCUT2D eigenvalue weighted by molar-refractivity contribution is 6.18. The fourth-order valence-electron chi connectivity index (χ4n) is 4.65. The Morgan fingerprint density at radius 2 is 1.58 bits per heavy atom. The number of halogens is 2. The summed E-state index contributed by atoms with van der Waals surface area (Å²) in [6.45, 7) is 7.69. The summed E-state index contributed by atoms with van der Waals surface area (Å²) in [6, 6.07) is 13.0. The first-order valence-electron chi connectivity index (χ1n) is 14.5. The minimum absolute atomic E-state index is 0.0237. The third kappa shape index (κ3) is 10.3. The molecule has 45 heavy (non-hydrogen) atoms. The number of alkyl carbamates (subject to hydrolysis) is 1. The maximum Gasteiger partial charge on any atom is 0.408 e. The molecule has 0 heterocycles. The Bertz CT molecular complexity index is 1470. The fourth-order valence-corrected chi connectivity index (χ4v) is 5.06. The van der Waals surface area contributed by atoms with E-state index in [2.05, 4.69) is 5.32 Å². The monoisotopic (exact) mass is 662 g/mol. The number of aromatic hydroxyl groups is 1. The molecule has 0 aliphatic heterocycles. The van der Waals surface area contributed by atoms with Gasteiger partial charge in [0, 0.05) is 42.3 Å². The number of phenols is 1. The molecule has 0 saturated heterocycles. The van der Waals surface area contributed by atoms with Crippen LogP contribution in [0.3, 0.4) is 0 Å². The lowest BCUT2D eigenvalue weighted by Crippen LogP contribution is -2.45. The maximum atomic E-state index is 13.1. The standard InChI is InChI=1S/C33H40Cl2N2O8/c1-21-18-24(42-5)20-26-25(21)10-11-28(38)29(26)31(40)44-17-16-43-30(39)27(36-32(41)45-33(2,3)4)19-22-6-8-23(9-7-22)37(14-12-34)15-13-35/h6-11,18,20,27,38H,12-17,19H2,1-5H3,(H,36,41)/t27-/m1/s1.